The number of ether oxygens (including phenoxy) is 1. The van der Waals surface area contributed by atoms with Crippen LogP contribution in [0.15, 0.2) is 11.6 Å². The molecule has 0 aromatic heterocycles. The molecule has 2 rings (SSSR count). The number of likely N-dealkylation sites (tertiary alicyclic amines) is 1. The van der Waals surface area contributed by atoms with E-state index < -0.39 is 0 Å². The second-order valence-electron chi connectivity index (χ2n) is 5.27. The molecule has 1 atom stereocenters. The third-order valence-corrected chi connectivity index (χ3v) is 3.80. The molecule has 2 N–H and O–H groups in total. The molecule has 2 amide bonds. The number of carbonyl (C=O) groups excluding carboxylic acids is 2. The van der Waals surface area contributed by atoms with Crippen LogP contribution in [0.25, 0.3) is 0 Å². The van der Waals surface area contributed by atoms with Crippen molar-refractivity contribution in [3.63, 3.8) is 0 Å². The van der Waals surface area contributed by atoms with Gasteiger partial charge in [-0.05, 0) is 13.0 Å². The fourth-order valence-electron chi connectivity index (χ4n) is 2.54. The van der Waals surface area contributed by atoms with Crippen LogP contribution in [0.4, 0.5) is 0 Å². The van der Waals surface area contributed by atoms with E-state index >= 15 is 0 Å². The normalized spacial score (nSPS) is 22.9. The maximum atomic E-state index is 12.1. The zero-order chi connectivity index (χ0) is 14.4. The van der Waals surface area contributed by atoms with Crippen molar-refractivity contribution in [2.45, 2.75) is 12.8 Å². The molecule has 112 valence electrons. The first-order valence-electron chi connectivity index (χ1n) is 7.13. The molecular weight excluding hydrogens is 258 g/mol. The molecular formula is C14H23N3O3. The van der Waals surface area contributed by atoms with Gasteiger partial charge in [-0.1, -0.05) is 11.6 Å². The van der Waals surface area contributed by atoms with Crippen molar-refractivity contribution in [3.8, 4) is 0 Å². The number of methoxy groups -OCH3 is 1. The highest BCUT2D eigenvalue weighted by Gasteiger charge is 2.33. The first-order valence-corrected chi connectivity index (χ1v) is 7.13. The Kier molecular flexibility index (Phi) is 5.55. The zero-order valence-corrected chi connectivity index (χ0v) is 12.0. The Labute approximate surface area is 119 Å². The van der Waals surface area contributed by atoms with Gasteiger partial charge in [0.05, 0.1) is 12.5 Å². The Morgan fingerprint density at radius 3 is 3.15 bits per heavy atom. The highest BCUT2D eigenvalue weighted by Crippen LogP contribution is 2.17. The molecule has 0 aliphatic carbocycles. The summed E-state index contributed by atoms with van der Waals surface area (Å²) in [5, 5.41) is 6.18. The molecule has 0 aromatic carbocycles. The van der Waals surface area contributed by atoms with E-state index in [4.69, 9.17) is 4.74 Å². The lowest BCUT2D eigenvalue weighted by Gasteiger charge is -2.17. The number of nitrogens with zero attached hydrogens (tertiary/aromatic N) is 1. The fourth-order valence-corrected chi connectivity index (χ4v) is 2.54. The average molecular weight is 281 g/mol. The summed E-state index contributed by atoms with van der Waals surface area (Å²) in [7, 11) is 1.61. The zero-order valence-electron chi connectivity index (χ0n) is 12.0. The molecule has 0 saturated carbocycles. The molecule has 1 unspecified atom stereocenters. The predicted molar refractivity (Wildman–Crippen MR) is 75.1 cm³/mol. The van der Waals surface area contributed by atoms with Crippen molar-refractivity contribution >= 4 is 11.8 Å². The van der Waals surface area contributed by atoms with Gasteiger partial charge in [0.15, 0.2) is 0 Å². The van der Waals surface area contributed by atoms with Gasteiger partial charge in [-0.15, -0.1) is 0 Å². The van der Waals surface area contributed by atoms with E-state index in [9.17, 15) is 9.59 Å². The van der Waals surface area contributed by atoms with Gasteiger partial charge in [0, 0.05) is 39.7 Å². The van der Waals surface area contributed by atoms with Crippen LogP contribution in [0.5, 0.6) is 0 Å². The summed E-state index contributed by atoms with van der Waals surface area (Å²) in [6.07, 6.45) is 3.41. The van der Waals surface area contributed by atoms with Gasteiger partial charge in [0.25, 0.3) is 0 Å². The minimum atomic E-state index is -0.221. The summed E-state index contributed by atoms with van der Waals surface area (Å²) < 4.78 is 4.97. The highest BCUT2D eigenvalue weighted by atomic mass is 16.5. The lowest BCUT2D eigenvalue weighted by Crippen LogP contribution is -2.35. The molecule has 2 aliphatic rings. The van der Waals surface area contributed by atoms with E-state index in [1.807, 2.05) is 0 Å². The minimum absolute atomic E-state index is 0.0160. The summed E-state index contributed by atoms with van der Waals surface area (Å²) >= 11 is 0. The predicted octanol–water partition coefficient (Wildman–Crippen LogP) is -0.483. The monoisotopic (exact) mass is 281 g/mol. The van der Waals surface area contributed by atoms with Crippen LogP contribution in [0.3, 0.4) is 0 Å². The molecule has 1 saturated heterocycles. The third-order valence-electron chi connectivity index (χ3n) is 3.80. The fraction of sp³-hybridized carbons (Fsp3) is 0.714. The van der Waals surface area contributed by atoms with Crippen molar-refractivity contribution in [1.82, 2.24) is 15.5 Å². The van der Waals surface area contributed by atoms with Crippen molar-refractivity contribution in [1.29, 1.82) is 0 Å². The van der Waals surface area contributed by atoms with Crippen LogP contribution < -0.4 is 10.6 Å². The molecule has 0 radical (unpaired) electrons. The third kappa shape index (κ3) is 4.05. The molecule has 0 spiro atoms. The van der Waals surface area contributed by atoms with Crippen LogP contribution in [-0.2, 0) is 14.3 Å². The van der Waals surface area contributed by atoms with Crippen molar-refractivity contribution in [2.24, 2.45) is 5.92 Å². The van der Waals surface area contributed by atoms with Crippen LogP contribution >= 0.6 is 0 Å². The van der Waals surface area contributed by atoms with Gasteiger partial charge in [0.2, 0.25) is 11.8 Å². The van der Waals surface area contributed by atoms with Gasteiger partial charge < -0.3 is 20.3 Å². The second-order valence-corrected chi connectivity index (χ2v) is 5.27. The van der Waals surface area contributed by atoms with Gasteiger partial charge in [-0.3, -0.25) is 9.59 Å². The lowest BCUT2D eigenvalue weighted by molar-refractivity contribution is -0.129. The van der Waals surface area contributed by atoms with Crippen molar-refractivity contribution in [3.05, 3.63) is 11.6 Å². The number of carbonyl (C=O) groups is 2. The summed E-state index contributed by atoms with van der Waals surface area (Å²) in [4.78, 5) is 25.6. The summed E-state index contributed by atoms with van der Waals surface area (Å²) in [6, 6.07) is 0. The molecule has 20 heavy (non-hydrogen) atoms. The first-order chi connectivity index (χ1) is 9.70. The van der Waals surface area contributed by atoms with Gasteiger partial charge in [-0.25, -0.2) is 0 Å². The standard InChI is InChI=1S/C14H23N3O3/c1-20-7-6-17-10-12(8-13(17)18)14(19)16-9-11-2-4-15-5-3-11/h2,12,15H,3-10H2,1H3,(H,16,19). The topological polar surface area (TPSA) is 70.7 Å². The van der Waals surface area contributed by atoms with Crippen LogP contribution in [0.2, 0.25) is 0 Å². The quantitative estimate of drug-likeness (QED) is 0.645. The maximum Gasteiger partial charge on any atom is 0.225 e. The number of rotatable bonds is 6. The smallest absolute Gasteiger partial charge is 0.225 e. The summed E-state index contributed by atoms with van der Waals surface area (Å²) in [5.41, 5.74) is 1.26. The number of nitrogens with one attached hydrogen (secondary N) is 2. The van der Waals surface area contributed by atoms with Gasteiger partial charge in [-0.2, -0.15) is 0 Å². The Bertz CT molecular complexity index is 395. The Balaban J connectivity index is 1.75. The SMILES string of the molecule is COCCN1CC(C(=O)NCC2=CCNCC2)CC1=O. The van der Waals surface area contributed by atoms with Crippen molar-refractivity contribution in [2.75, 3.05) is 46.4 Å². The van der Waals surface area contributed by atoms with E-state index in [1.165, 1.54) is 5.57 Å². The van der Waals surface area contributed by atoms with Crippen LogP contribution in [0, 0.1) is 5.92 Å². The maximum absolute atomic E-state index is 12.1. The molecule has 6 heteroatoms. The van der Waals surface area contributed by atoms with E-state index in [0.29, 0.717) is 32.7 Å². The van der Waals surface area contributed by atoms with Gasteiger partial charge >= 0.3 is 0 Å². The molecule has 2 aliphatic heterocycles. The van der Waals surface area contributed by atoms with Crippen LogP contribution in [0.1, 0.15) is 12.8 Å². The molecule has 1 fully saturated rings. The highest BCUT2D eigenvalue weighted by molar-refractivity contribution is 5.89. The number of hydrogen-bond acceptors (Lipinski definition) is 4. The Hall–Kier alpha value is -1.40. The number of amides is 2. The average Bonchev–Trinajstić information content (AvgIpc) is 2.85. The minimum Gasteiger partial charge on any atom is -0.383 e. The van der Waals surface area contributed by atoms with E-state index in [0.717, 1.165) is 19.5 Å². The van der Waals surface area contributed by atoms with Crippen molar-refractivity contribution < 1.29 is 14.3 Å². The Morgan fingerprint density at radius 2 is 2.45 bits per heavy atom. The largest absolute Gasteiger partial charge is 0.383 e. The molecule has 0 aromatic rings. The summed E-state index contributed by atoms with van der Waals surface area (Å²) in [5.74, 6) is -0.192. The second kappa shape index (κ2) is 7.40. The molecule has 6 nitrogen and oxygen atoms in total. The van der Waals surface area contributed by atoms with Gasteiger partial charge in [0.1, 0.15) is 0 Å². The lowest BCUT2D eigenvalue weighted by atomic mass is 10.1. The van der Waals surface area contributed by atoms with E-state index in [-0.39, 0.29) is 17.7 Å². The first kappa shape index (κ1) is 15.0. The van der Waals surface area contributed by atoms with E-state index in [2.05, 4.69) is 16.7 Å². The summed E-state index contributed by atoms with van der Waals surface area (Å²) in [6.45, 7) is 4.03. The van der Waals surface area contributed by atoms with Crippen LogP contribution in [-0.4, -0.2) is 63.2 Å². The molecule has 0 bridgehead atoms. The van der Waals surface area contributed by atoms with E-state index in [1.54, 1.807) is 12.0 Å². The number of hydrogen-bond donors (Lipinski definition) is 2. The molecule has 2 heterocycles. The Morgan fingerprint density at radius 1 is 1.60 bits per heavy atom.